The summed E-state index contributed by atoms with van der Waals surface area (Å²) in [6.07, 6.45) is 0. The fourth-order valence-corrected chi connectivity index (χ4v) is 2.51. The second kappa shape index (κ2) is 9.03. The number of esters is 1. The van der Waals surface area contributed by atoms with Gasteiger partial charge in [-0.1, -0.05) is 30.3 Å². The zero-order valence-corrected chi connectivity index (χ0v) is 16.4. The molecule has 2 rings (SSSR count). The average Bonchev–Trinajstić information content (AvgIpc) is 2.71. The topological polar surface area (TPSA) is 93.7 Å². The van der Waals surface area contributed by atoms with E-state index in [9.17, 15) is 14.4 Å². The molecule has 0 spiro atoms. The maximum Gasteiger partial charge on any atom is 0.339 e. The van der Waals surface area contributed by atoms with Crippen molar-refractivity contribution in [2.24, 2.45) is 5.41 Å². The van der Waals surface area contributed by atoms with Gasteiger partial charge in [0.15, 0.2) is 0 Å². The number of benzene rings is 2. The quantitative estimate of drug-likeness (QED) is 0.566. The highest BCUT2D eigenvalue weighted by Crippen LogP contribution is 2.23. The van der Waals surface area contributed by atoms with Crippen molar-refractivity contribution in [1.29, 1.82) is 0 Å². The van der Waals surface area contributed by atoms with Gasteiger partial charge in [-0.15, -0.1) is 0 Å². The molecule has 0 atom stereocenters. The highest BCUT2D eigenvalue weighted by molar-refractivity contribution is 6.11. The van der Waals surface area contributed by atoms with Crippen LogP contribution in [0.5, 0.6) is 5.75 Å². The number of ether oxygens (including phenoxy) is 2. The largest absolute Gasteiger partial charge is 0.496 e. The molecule has 0 bridgehead atoms. The van der Waals surface area contributed by atoms with Crippen LogP contribution in [0.1, 0.15) is 29.8 Å². The first-order valence-corrected chi connectivity index (χ1v) is 8.70. The third-order valence-corrected chi connectivity index (χ3v) is 4.35. The van der Waals surface area contributed by atoms with E-state index in [0.29, 0.717) is 5.75 Å². The van der Waals surface area contributed by atoms with Crippen molar-refractivity contribution in [2.45, 2.75) is 20.4 Å². The third-order valence-electron chi connectivity index (χ3n) is 4.35. The molecular formula is C21H24N2O5. The van der Waals surface area contributed by atoms with Gasteiger partial charge >= 0.3 is 5.97 Å². The second-order valence-electron chi connectivity index (χ2n) is 6.61. The van der Waals surface area contributed by atoms with Crippen molar-refractivity contribution >= 4 is 23.5 Å². The minimum absolute atomic E-state index is 0.212. The second-order valence-corrected chi connectivity index (χ2v) is 6.61. The molecule has 2 aromatic carbocycles. The Hall–Kier alpha value is -3.35. The number of rotatable bonds is 7. The van der Waals surface area contributed by atoms with Crippen LogP contribution in [0, 0.1) is 5.41 Å². The number of hydrogen-bond donors (Lipinski definition) is 2. The smallest absolute Gasteiger partial charge is 0.339 e. The van der Waals surface area contributed by atoms with E-state index in [-0.39, 0.29) is 17.8 Å². The summed E-state index contributed by atoms with van der Waals surface area (Å²) >= 11 is 0. The lowest BCUT2D eigenvalue weighted by molar-refractivity contribution is -0.138. The van der Waals surface area contributed by atoms with Crippen molar-refractivity contribution in [3.05, 3.63) is 59.7 Å². The number of hydrogen-bond acceptors (Lipinski definition) is 5. The van der Waals surface area contributed by atoms with Crippen molar-refractivity contribution in [2.75, 3.05) is 19.5 Å². The number of anilines is 1. The first-order chi connectivity index (χ1) is 13.3. The van der Waals surface area contributed by atoms with E-state index in [1.54, 1.807) is 31.4 Å². The summed E-state index contributed by atoms with van der Waals surface area (Å²) < 4.78 is 9.98. The Morgan fingerprint density at radius 2 is 1.57 bits per heavy atom. The summed E-state index contributed by atoms with van der Waals surface area (Å²) in [6.45, 7) is 3.25. The van der Waals surface area contributed by atoms with Crippen molar-refractivity contribution in [1.82, 2.24) is 5.32 Å². The van der Waals surface area contributed by atoms with E-state index >= 15 is 0 Å². The van der Waals surface area contributed by atoms with Gasteiger partial charge in [0.25, 0.3) is 0 Å². The monoisotopic (exact) mass is 384 g/mol. The molecule has 0 unspecified atom stereocenters. The minimum Gasteiger partial charge on any atom is -0.496 e. The summed E-state index contributed by atoms with van der Waals surface area (Å²) in [7, 11) is 2.81. The summed E-state index contributed by atoms with van der Waals surface area (Å²) in [6, 6.07) is 13.8. The molecule has 0 aliphatic carbocycles. The van der Waals surface area contributed by atoms with Crippen molar-refractivity contribution in [3.63, 3.8) is 0 Å². The molecule has 2 aromatic rings. The van der Waals surface area contributed by atoms with Crippen LogP contribution in [0.15, 0.2) is 48.5 Å². The molecule has 0 radical (unpaired) electrons. The molecule has 0 aromatic heterocycles. The van der Waals surface area contributed by atoms with Gasteiger partial charge in [-0.05, 0) is 32.0 Å². The van der Waals surface area contributed by atoms with Gasteiger partial charge in [0.05, 0.1) is 25.5 Å². The Bertz CT molecular complexity index is 877. The minimum atomic E-state index is -1.37. The van der Waals surface area contributed by atoms with Crippen LogP contribution >= 0.6 is 0 Å². The van der Waals surface area contributed by atoms with Crippen LogP contribution in [-0.2, 0) is 20.9 Å². The van der Waals surface area contributed by atoms with Gasteiger partial charge < -0.3 is 20.1 Å². The predicted molar refractivity (Wildman–Crippen MR) is 105 cm³/mol. The fraction of sp³-hybridized carbons (Fsp3) is 0.286. The normalized spacial score (nSPS) is 10.7. The number of methoxy groups -OCH3 is 2. The van der Waals surface area contributed by atoms with Crippen LogP contribution in [-0.4, -0.2) is 32.0 Å². The molecule has 2 N–H and O–H groups in total. The molecule has 0 heterocycles. The SMILES string of the molecule is COC(=O)c1ccccc1NC(=O)C(C)(C)C(=O)NCc1ccccc1OC. The number of carbonyl (C=O) groups excluding carboxylic acids is 3. The summed E-state index contributed by atoms with van der Waals surface area (Å²) in [5, 5.41) is 5.40. The molecule has 0 aliphatic heterocycles. The molecule has 0 aliphatic rings. The van der Waals surface area contributed by atoms with Gasteiger partial charge in [-0.3, -0.25) is 9.59 Å². The number of para-hydroxylation sites is 2. The number of amides is 2. The summed E-state index contributed by atoms with van der Waals surface area (Å²) in [5.41, 5.74) is -0.0789. The first kappa shape index (κ1) is 21.0. The number of carbonyl (C=O) groups is 3. The number of nitrogens with one attached hydrogen (secondary N) is 2. The van der Waals surface area contributed by atoms with Crippen LogP contribution in [0.4, 0.5) is 5.69 Å². The van der Waals surface area contributed by atoms with E-state index in [0.717, 1.165) is 5.56 Å². The van der Waals surface area contributed by atoms with Crippen LogP contribution in [0.25, 0.3) is 0 Å². The fourth-order valence-electron chi connectivity index (χ4n) is 2.51. The lowest BCUT2D eigenvalue weighted by atomic mass is 9.90. The van der Waals surface area contributed by atoms with Gasteiger partial charge in [0.1, 0.15) is 11.2 Å². The highest BCUT2D eigenvalue weighted by atomic mass is 16.5. The van der Waals surface area contributed by atoms with Crippen LogP contribution in [0.3, 0.4) is 0 Å². The van der Waals surface area contributed by atoms with Crippen molar-refractivity contribution < 1.29 is 23.9 Å². The maximum absolute atomic E-state index is 12.7. The van der Waals surface area contributed by atoms with E-state index in [2.05, 4.69) is 10.6 Å². The molecule has 2 amide bonds. The Labute approximate surface area is 164 Å². The first-order valence-electron chi connectivity index (χ1n) is 8.70. The summed E-state index contributed by atoms with van der Waals surface area (Å²) in [5.74, 6) is -0.917. The van der Waals surface area contributed by atoms with Gasteiger partial charge in [0.2, 0.25) is 11.8 Å². The Kier molecular flexibility index (Phi) is 6.76. The lowest BCUT2D eigenvalue weighted by Gasteiger charge is -2.23. The standard InChI is InChI=1S/C21H24N2O5/c1-21(2,19(25)22-13-14-9-5-8-12-17(14)27-3)20(26)23-16-11-7-6-10-15(16)18(24)28-4/h5-12H,13H2,1-4H3,(H,22,25)(H,23,26). The Balaban J connectivity index is 2.10. The molecule has 7 heteroatoms. The van der Waals surface area contributed by atoms with E-state index in [4.69, 9.17) is 9.47 Å². The molecule has 148 valence electrons. The van der Waals surface area contributed by atoms with Crippen molar-refractivity contribution in [3.8, 4) is 5.75 Å². The Morgan fingerprint density at radius 3 is 2.25 bits per heavy atom. The molecule has 0 saturated carbocycles. The van der Waals surface area contributed by atoms with Gasteiger partial charge in [0, 0.05) is 12.1 Å². The van der Waals surface area contributed by atoms with Crippen LogP contribution in [0.2, 0.25) is 0 Å². The zero-order chi connectivity index (χ0) is 20.7. The maximum atomic E-state index is 12.7. The molecule has 0 saturated heterocycles. The molecular weight excluding hydrogens is 360 g/mol. The van der Waals surface area contributed by atoms with Gasteiger partial charge in [-0.2, -0.15) is 0 Å². The molecule has 28 heavy (non-hydrogen) atoms. The molecule has 0 fully saturated rings. The van der Waals surface area contributed by atoms with E-state index < -0.39 is 23.2 Å². The predicted octanol–water partition coefficient (Wildman–Crippen LogP) is 2.76. The average molecular weight is 384 g/mol. The van der Waals surface area contributed by atoms with Crippen LogP contribution < -0.4 is 15.4 Å². The summed E-state index contributed by atoms with van der Waals surface area (Å²) in [4.78, 5) is 37.2. The van der Waals surface area contributed by atoms with E-state index in [1.807, 2.05) is 18.2 Å². The zero-order valence-electron chi connectivity index (χ0n) is 16.4. The van der Waals surface area contributed by atoms with Gasteiger partial charge in [-0.25, -0.2) is 4.79 Å². The molecule has 7 nitrogen and oxygen atoms in total. The highest BCUT2D eigenvalue weighted by Gasteiger charge is 2.36. The third kappa shape index (κ3) is 4.68. The Morgan fingerprint density at radius 1 is 0.929 bits per heavy atom. The lowest BCUT2D eigenvalue weighted by Crippen LogP contribution is -2.45. The van der Waals surface area contributed by atoms with E-state index in [1.165, 1.54) is 27.0 Å².